The number of carbonyl (C=O) groups is 2. The van der Waals surface area contributed by atoms with Gasteiger partial charge in [-0.15, -0.1) is 0 Å². The predicted octanol–water partition coefficient (Wildman–Crippen LogP) is 3.63. The van der Waals surface area contributed by atoms with Crippen molar-refractivity contribution in [3.63, 3.8) is 0 Å². The van der Waals surface area contributed by atoms with Crippen molar-refractivity contribution in [2.45, 2.75) is 26.9 Å². The van der Waals surface area contributed by atoms with Gasteiger partial charge in [-0.1, -0.05) is 12.1 Å². The van der Waals surface area contributed by atoms with E-state index in [1.807, 2.05) is 26.0 Å². The summed E-state index contributed by atoms with van der Waals surface area (Å²) in [6.07, 6.45) is -1.12. The fourth-order valence-electron chi connectivity index (χ4n) is 2.65. The quantitative estimate of drug-likeness (QED) is 0.423. The van der Waals surface area contributed by atoms with E-state index in [2.05, 4.69) is 10.2 Å². The van der Waals surface area contributed by atoms with Gasteiger partial charge in [0.25, 0.3) is 11.6 Å². The molecule has 0 heterocycles. The molecule has 8 heteroatoms. The first-order valence-corrected chi connectivity index (χ1v) is 8.97. The molecule has 1 N–H and O–H groups in total. The van der Waals surface area contributed by atoms with Crippen LogP contribution in [0.1, 0.15) is 31.1 Å². The van der Waals surface area contributed by atoms with E-state index < -0.39 is 22.9 Å². The van der Waals surface area contributed by atoms with Crippen LogP contribution in [0, 0.1) is 10.1 Å². The van der Waals surface area contributed by atoms with Gasteiger partial charge >= 0.3 is 5.97 Å². The Morgan fingerprint density at radius 3 is 2.29 bits per heavy atom. The number of benzene rings is 2. The lowest BCUT2D eigenvalue weighted by Gasteiger charge is -2.21. The zero-order valence-corrected chi connectivity index (χ0v) is 16.0. The molecule has 2 rings (SSSR count). The van der Waals surface area contributed by atoms with Gasteiger partial charge in [0.15, 0.2) is 6.10 Å². The highest BCUT2D eigenvalue weighted by Gasteiger charge is 2.22. The topological polar surface area (TPSA) is 102 Å². The Morgan fingerprint density at radius 1 is 1.11 bits per heavy atom. The average Bonchev–Trinajstić information content (AvgIpc) is 2.69. The Bertz CT molecular complexity index is 847. The summed E-state index contributed by atoms with van der Waals surface area (Å²) in [5.41, 5.74) is 1.12. The molecule has 0 fully saturated rings. The van der Waals surface area contributed by atoms with Crippen LogP contribution in [0.4, 0.5) is 17.1 Å². The van der Waals surface area contributed by atoms with Gasteiger partial charge in [-0.2, -0.15) is 0 Å². The smallest absolute Gasteiger partial charge is 0.338 e. The van der Waals surface area contributed by atoms with Crippen molar-refractivity contribution in [2.75, 3.05) is 23.3 Å². The molecule has 2 aromatic rings. The van der Waals surface area contributed by atoms with Gasteiger partial charge in [-0.3, -0.25) is 14.9 Å². The Balaban J connectivity index is 2.02. The number of ether oxygens (including phenoxy) is 1. The standard InChI is InChI=1S/C20H23N3O5/c1-4-22(5-2)16-12-10-15(11-13-16)20(25)28-14(3)19(24)21-17-8-6-7-9-18(17)23(26)27/h6-14H,4-5H2,1-3H3,(H,21,24)/t14-/m1/s1. The van der Waals surface area contributed by atoms with Gasteiger partial charge in [-0.05, 0) is 51.1 Å². The molecule has 0 saturated carbocycles. The average molecular weight is 385 g/mol. The second kappa shape index (κ2) is 9.50. The molecular formula is C20H23N3O5. The van der Waals surface area contributed by atoms with E-state index in [0.717, 1.165) is 18.8 Å². The molecule has 1 amide bonds. The number of esters is 1. The number of carbonyl (C=O) groups excluding carboxylic acids is 2. The molecule has 148 valence electrons. The molecule has 0 aromatic heterocycles. The van der Waals surface area contributed by atoms with Crippen LogP contribution in [0.15, 0.2) is 48.5 Å². The predicted molar refractivity (Wildman–Crippen MR) is 107 cm³/mol. The lowest BCUT2D eigenvalue weighted by atomic mass is 10.2. The first-order valence-electron chi connectivity index (χ1n) is 8.97. The fraction of sp³-hybridized carbons (Fsp3) is 0.300. The molecule has 0 spiro atoms. The third-order valence-corrected chi connectivity index (χ3v) is 4.24. The van der Waals surface area contributed by atoms with E-state index in [-0.39, 0.29) is 11.4 Å². The van der Waals surface area contributed by atoms with Crippen LogP contribution in [0.5, 0.6) is 0 Å². The van der Waals surface area contributed by atoms with Crippen LogP contribution in [-0.4, -0.2) is 36.0 Å². The minimum Gasteiger partial charge on any atom is -0.449 e. The number of hydrogen-bond acceptors (Lipinski definition) is 6. The van der Waals surface area contributed by atoms with Crippen molar-refractivity contribution >= 4 is 28.9 Å². The highest BCUT2D eigenvalue weighted by atomic mass is 16.6. The molecule has 0 saturated heterocycles. The van der Waals surface area contributed by atoms with Gasteiger partial charge in [0.1, 0.15) is 5.69 Å². The Hall–Kier alpha value is -3.42. The molecule has 0 unspecified atom stereocenters. The lowest BCUT2D eigenvalue weighted by Crippen LogP contribution is -2.30. The number of amides is 1. The molecule has 28 heavy (non-hydrogen) atoms. The van der Waals surface area contributed by atoms with Crippen LogP contribution >= 0.6 is 0 Å². The molecule has 0 radical (unpaired) electrons. The summed E-state index contributed by atoms with van der Waals surface area (Å²) >= 11 is 0. The molecule has 0 bridgehead atoms. The molecule has 0 aliphatic heterocycles. The summed E-state index contributed by atoms with van der Waals surface area (Å²) in [6.45, 7) is 7.20. The van der Waals surface area contributed by atoms with E-state index in [9.17, 15) is 19.7 Å². The number of nitro benzene ring substituents is 1. The molecular weight excluding hydrogens is 362 g/mol. The minimum atomic E-state index is -1.12. The number of hydrogen-bond donors (Lipinski definition) is 1. The molecule has 1 atom stereocenters. The number of anilines is 2. The second-order valence-electron chi connectivity index (χ2n) is 6.03. The van der Waals surface area contributed by atoms with Gasteiger partial charge < -0.3 is 15.0 Å². The van der Waals surface area contributed by atoms with Gasteiger partial charge in [-0.25, -0.2) is 4.79 Å². The molecule has 2 aromatic carbocycles. The first-order chi connectivity index (χ1) is 13.4. The van der Waals surface area contributed by atoms with Crippen LogP contribution in [0.2, 0.25) is 0 Å². The lowest BCUT2D eigenvalue weighted by molar-refractivity contribution is -0.383. The Kier molecular flexibility index (Phi) is 7.08. The summed E-state index contributed by atoms with van der Waals surface area (Å²) in [4.78, 5) is 37.1. The van der Waals surface area contributed by atoms with Gasteiger partial charge in [0, 0.05) is 24.8 Å². The summed E-state index contributed by atoms with van der Waals surface area (Å²) < 4.78 is 5.19. The fourth-order valence-corrected chi connectivity index (χ4v) is 2.65. The number of para-hydroxylation sites is 2. The van der Waals surface area contributed by atoms with Gasteiger partial charge in [0.05, 0.1) is 10.5 Å². The van der Waals surface area contributed by atoms with E-state index in [1.54, 1.807) is 18.2 Å². The van der Waals surface area contributed by atoms with Crippen LogP contribution in [0.3, 0.4) is 0 Å². The summed E-state index contributed by atoms with van der Waals surface area (Å²) in [7, 11) is 0. The van der Waals surface area contributed by atoms with E-state index >= 15 is 0 Å². The maximum Gasteiger partial charge on any atom is 0.338 e. The van der Waals surface area contributed by atoms with Crippen molar-refractivity contribution in [1.82, 2.24) is 0 Å². The summed E-state index contributed by atoms with van der Waals surface area (Å²) in [5, 5.41) is 13.4. The monoisotopic (exact) mass is 385 g/mol. The molecule has 0 aliphatic carbocycles. The summed E-state index contributed by atoms with van der Waals surface area (Å²) in [6, 6.07) is 12.7. The van der Waals surface area contributed by atoms with Crippen molar-refractivity contribution < 1.29 is 19.2 Å². The first kappa shape index (κ1) is 20.9. The number of nitro groups is 1. The maximum atomic E-state index is 12.3. The highest BCUT2D eigenvalue weighted by molar-refractivity contribution is 5.98. The number of nitrogens with zero attached hydrogens (tertiary/aromatic N) is 2. The third kappa shape index (κ3) is 5.06. The number of rotatable bonds is 8. The van der Waals surface area contributed by atoms with Crippen LogP contribution in [0.25, 0.3) is 0 Å². The SMILES string of the molecule is CCN(CC)c1ccc(C(=O)O[C@H](C)C(=O)Nc2ccccc2[N+](=O)[O-])cc1. The zero-order valence-electron chi connectivity index (χ0n) is 16.0. The van der Waals surface area contributed by atoms with E-state index in [1.165, 1.54) is 25.1 Å². The normalized spacial score (nSPS) is 11.4. The van der Waals surface area contributed by atoms with Crippen molar-refractivity contribution in [3.8, 4) is 0 Å². The Morgan fingerprint density at radius 2 is 1.71 bits per heavy atom. The highest BCUT2D eigenvalue weighted by Crippen LogP contribution is 2.23. The third-order valence-electron chi connectivity index (χ3n) is 4.24. The summed E-state index contributed by atoms with van der Waals surface area (Å²) in [5.74, 6) is -1.29. The largest absolute Gasteiger partial charge is 0.449 e. The Labute approximate surface area is 163 Å². The second-order valence-corrected chi connectivity index (χ2v) is 6.03. The minimum absolute atomic E-state index is 0.0453. The van der Waals surface area contributed by atoms with Gasteiger partial charge in [0.2, 0.25) is 0 Å². The van der Waals surface area contributed by atoms with Crippen molar-refractivity contribution in [2.24, 2.45) is 0 Å². The van der Waals surface area contributed by atoms with Crippen LogP contribution < -0.4 is 10.2 Å². The van der Waals surface area contributed by atoms with E-state index in [0.29, 0.717) is 5.56 Å². The molecule has 0 aliphatic rings. The zero-order chi connectivity index (χ0) is 20.7. The van der Waals surface area contributed by atoms with E-state index in [4.69, 9.17) is 4.74 Å². The maximum absolute atomic E-state index is 12.3. The van der Waals surface area contributed by atoms with Crippen molar-refractivity contribution in [3.05, 3.63) is 64.2 Å². The van der Waals surface area contributed by atoms with Crippen LogP contribution in [-0.2, 0) is 9.53 Å². The van der Waals surface area contributed by atoms with Crippen molar-refractivity contribution in [1.29, 1.82) is 0 Å². The molecule has 8 nitrogen and oxygen atoms in total. The number of nitrogens with one attached hydrogen (secondary N) is 1.